The summed E-state index contributed by atoms with van der Waals surface area (Å²) in [6.07, 6.45) is 14.8. The van der Waals surface area contributed by atoms with E-state index in [1.165, 1.54) is 62.8 Å². The second-order valence-electron chi connectivity index (χ2n) is 17.3. The predicted molar refractivity (Wildman–Crippen MR) is 243 cm³/mol. The first-order valence-corrected chi connectivity index (χ1v) is 23.1. The number of ether oxygens (including phenoxy) is 1. The molecule has 0 fully saturated rings. The molecular formula is C49H75N5O8. The molecule has 2 aromatic carbocycles. The van der Waals surface area contributed by atoms with Gasteiger partial charge in [-0.3, -0.25) is 28.8 Å². The van der Waals surface area contributed by atoms with Crippen LogP contribution < -0.4 is 26.8 Å². The zero-order valence-electron chi connectivity index (χ0n) is 38.1. The number of nitrogens with one attached hydrogen (secondary N) is 2. The van der Waals surface area contributed by atoms with E-state index in [0.29, 0.717) is 60.2 Å². The van der Waals surface area contributed by atoms with E-state index in [0.717, 1.165) is 25.7 Å². The number of likely N-dealkylation sites (N-methyl/N-ethyl adjacent to an activating group) is 1. The quantitative estimate of drug-likeness (QED) is 0.0610. The number of nitrogens with two attached hydrogens (primary N) is 2. The number of fused-ring (bicyclic) bond motifs is 5. The third-order valence-corrected chi connectivity index (χ3v) is 12.0. The Kier molecular flexibility index (Phi) is 22.9. The zero-order chi connectivity index (χ0) is 45.6. The van der Waals surface area contributed by atoms with Crippen LogP contribution in [0.2, 0.25) is 0 Å². The molecule has 13 nitrogen and oxygen atoms in total. The summed E-state index contributed by atoms with van der Waals surface area (Å²) in [7, 11) is 1.55. The first-order chi connectivity index (χ1) is 29.7. The number of amides is 3. The Bertz CT molecular complexity index is 1780. The number of ketones is 3. The number of phenolic OH excluding ortho intramolecular Hbond substituents is 1. The van der Waals surface area contributed by atoms with E-state index in [9.17, 15) is 33.9 Å². The van der Waals surface area contributed by atoms with Crippen molar-refractivity contribution in [2.75, 3.05) is 26.7 Å². The number of unbranched alkanes of at least 4 members (excludes halogenated alkanes) is 11. The molecule has 62 heavy (non-hydrogen) atoms. The second-order valence-corrected chi connectivity index (χ2v) is 17.3. The van der Waals surface area contributed by atoms with Crippen molar-refractivity contribution in [1.82, 2.24) is 15.5 Å². The minimum atomic E-state index is -1.18. The molecule has 7 N–H and O–H groups in total. The Labute approximate surface area is 369 Å². The molecule has 0 aliphatic carbocycles. The van der Waals surface area contributed by atoms with Crippen molar-refractivity contribution in [2.24, 2.45) is 23.3 Å². The Morgan fingerprint density at radius 3 is 2.16 bits per heavy atom. The van der Waals surface area contributed by atoms with E-state index in [2.05, 4.69) is 17.6 Å². The van der Waals surface area contributed by atoms with Gasteiger partial charge in [0.05, 0.1) is 6.04 Å². The molecule has 3 rings (SSSR count). The van der Waals surface area contributed by atoms with E-state index in [-0.39, 0.29) is 55.6 Å². The Balaban J connectivity index is 1.96. The molecule has 1 heterocycles. The van der Waals surface area contributed by atoms with Crippen LogP contribution in [-0.2, 0) is 35.2 Å². The van der Waals surface area contributed by atoms with Gasteiger partial charge in [-0.25, -0.2) is 0 Å². The predicted octanol–water partition coefficient (Wildman–Crippen LogP) is 7.03. The van der Waals surface area contributed by atoms with Crippen molar-refractivity contribution in [2.45, 2.75) is 161 Å². The molecular weight excluding hydrogens is 787 g/mol. The molecule has 0 aromatic heterocycles. The highest BCUT2D eigenvalue weighted by atomic mass is 16.5. The van der Waals surface area contributed by atoms with Crippen LogP contribution in [-0.4, -0.2) is 83.9 Å². The minimum Gasteiger partial charge on any atom is -0.507 e. The van der Waals surface area contributed by atoms with Crippen molar-refractivity contribution in [3.63, 3.8) is 0 Å². The van der Waals surface area contributed by atoms with Crippen LogP contribution >= 0.6 is 0 Å². The lowest BCUT2D eigenvalue weighted by atomic mass is 9.88. The molecule has 2 aromatic rings. The molecule has 0 unspecified atom stereocenters. The number of nitrogens with zero attached hydrogens (tertiary/aromatic N) is 1. The third kappa shape index (κ3) is 16.6. The fourth-order valence-corrected chi connectivity index (χ4v) is 8.08. The number of hydrogen-bond donors (Lipinski definition) is 5. The second kappa shape index (κ2) is 27.4. The fourth-order valence-electron chi connectivity index (χ4n) is 8.08. The zero-order valence-corrected chi connectivity index (χ0v) is 38.1. The maximum absolute atomic E-state index is 14.6. The molecule has 1 aliphatic heterocycles. The molecule has 0 saturated heterocycles. The topological polar surface area (TPSA) is 211 Å². The SMILES string of the molecule is CCCCCCCCCCCCCC(=O)C[C@@H](CCCCN)C(=O)N(C)[C@@H]1C(=O)C[C@@H](C)C(=O)N[C@H](C(=O)N[C@@H](C)C(C)=O)Cc2ccc(O)c(c2)-c2cc1ccc2OCCN. The molecule has 4 bridgehead atoms. The third-order valence-electron chi connectivity index (χ3n) is 12.0. The number of rotatable bonds is 26. The van der Waals surface area contributed by atoms with Crippen LogP contribution in [0.3, 0.4) is 0 Å². The molecule has 1 aliphatic rings. The molecule has 344 valence electrons. The van der Waals surface area contributed by atoms with Crippen LogP contribution in [0.1, 0.15) is 154 Å². The van der Waals surface area contributed by atoms with E-state index in [4.69, 9.17) is 16.2 Å². The first-order valence-electron chi connectivity index (χ1n) is 23.1. The lowest BCUT2D eigenvalue weighted by Crippen LogP contribution is -2.52. The van der Waals surface area contributed by atoms with Gasteiger partial charge >= 0.3 is 0 Å². The highest BCUT2D eigenvalue weighted by molar-refractivity contribution is 5.97. The Hall–Kier alpha value is -4.62. The number of aromatic hydroxyl groups is 1. The summed E-state index contributed by atoms with van der Waals surface area (Å²) in [6.45, 7) is 7.53. The van der Waals surface area contributed by atoms with Gasteiger partial charge in [-0.05, 0) is 75.0 Å². The van der Waals surface area contributed by atoms with Crippen LogP contribution in [0, 0.1) is 11.8 Å². The molecule has 0 radical (unpaired) electrons. The average molecular weight is 862 g/mol. The van der Waals surface area contributed by atoms with Gasteiger partial charge in [-0.2, -0.15) is 0 Å². The molecule has 0 saturated carbocycles. The van der Waals surface area contributed by atoms with Crippen molar-refractivity contribution >= 4 is 35.1 Å². The van der Waals surface area contributed by atoms with Crippen molar-refractivity contribution in [3.05, 3.63) is 47.5 Å². The van der Waals surface area contributed by atoms with E-state index >= 15 is 0 Å². The summed E-state index contributed by atoms with van der Waals surface area (Å²) in [5.74, 6) is -3.52. The summed E-state index contributed by atoms with van der Waals surface area (Å²) >= 11 is 0. The van der Waals surface area contributed by atoms with E-state index < -0.39 is 47.6 Å². The average Bonchev–Trinajstić information content (AvgIpc) is 3.24. The standard InChI is InChI=1S/C49H75N5O8/c1-6-7-8-9-10-11-12-13-14-15-16-20-39(56)31-38(19-17-18-25-50)49(61)54(5)46-37-22-24-45(62-27-26-51)41(32-37)40-29-36(21-23-43(40)57)30-42(48(60)52-34(3)35(4)55)53-47(59)33(2)28-44(46)58/h21-24,29,32-34,38,42,46,57H,6-20,25-28,30-31,50-51H2,1-5H3,(H,52,60)(H,53,59)/t33-,34+,38-,42+,46+/m1/s1. The Morgan fingerprint density at radius 1 is 0.871 bits per heavy atom. The largest absolute Gasteiger partial charge is 0.507 e. The summed E-state index contributed by atoms with van der Waals surface area (Å²) in [5, 5.41) is 16.7. The van der Waals surface area contributed by atoms with Gasteiger partial charge in [-0.15, -0.1) is 0 Å². The van der Waals surface area contributed by atoms with Crippen LogP contribution in [0.15, 0.2) is 36.4 Å². The lowest BCUT2D eigenvalue weighted by molar-refractivity contribution is -0.144. The number of Topliss-reactive ketones (excluding diaryl/α,β-unsaturated/α-hetero) is 3. The lowest BCUT2D eigenvalue weighted by Gasteiger charge is -2.32. The van der Waals surface area contributed by atoms with Gasteiger partial charge in [0.2, 0.25) is 17.7 Å². The number of carbonyl (C=O) groups excluding carboxylic acids is 6. The van der Waals surface area contributed by atoms with Gasteiger partial charge in [0, 0.05) is 62.2 Å². The van der Waals surface area contributed by atoms with Gasteiger partial charge in [0.1, 0.15) is 36.0 Å². The van der Waals surface area contributed by atoms with Crippen molar-refractivity contribution in [3.8, 4) is 22.6 Å². The van der Waals surface area contributed by atoms with Crippen molar-refractivity contribution in [1.29, 1.82) is 0 Å². The smallest absolute Gasteiger partial charge is 0.243 e. The monoisotopic (exact) mass is 862 g/mol. The number of carbonyl (C=O) groups is 6. The van der Waals surface area contributed by atoms with Gasteiger partial charge in [0.15, 0.2) is 11.6 Å². The maximum atomic E-state index is 14.6. The molecule has 5 atom stereocenters. The van der Waals surface area contributed by atoms with Crippen molar-refractivity contribution < 1.29 is 38.6 Å². The minimum absolute atomic E-state index is 0.0121. The number of phenols is 1. The van der Waals surface area contributed by atoms with Crippen LogP contribution in [0.4, 0.5) is 0 Å². The fraction of sp³-hybridized carbons (Fsp3) is 0.633. The summed E-state index contributed by atoms with van der Waals surface area (Å²) in [4.78, 5) is 83.4. The first kappa shape index (κ1) is 51.7. The maximum Gasteiger partial charge on any atom is 0.243 e. The van der Waals surface area contributed by atoms with Gasteiger partial charge in [0.25, 0.3) is 0 Å². The molecule has 13 heteroatoms. The highest BCUT2D eigenvalue weighted by Crippen LogP contribution is 2.40. The Morgan fingerprint density at radius 2 is 1.53 bits per heavy atom. The normalized spacial score (nSPS) is 17.6. The number of benzene rings is 2. The van der Waals surface area contributed by atoms with Gasteiger partial charge in [-0.1, -0.05) is 96.6 Å². The van der Waals surface area contributed by atoms with Crippen LogP contribution in [0.5, 0.6) is 11.5 Å². The number of hydrogen-bond acceptors (Lipinski definition) is 10. The summed E-state index contributed by atoms with van der Waals surface area (Å²) < 4.78 is 6.03. The molecule has 0 spiro atoms. The highest BCUT2D eigenvalue weighted by Gasteiger charge is 2.36. The van der Waals surface area contributed by atoms with E-state index in [1.54, 1.807) is 51.2 Å². The van der Waals surface area contributed by atoms with Gasteiger partial charge < -0.3 is 36.8 Å². The summed E-state index contributed by atoms with van der Waals surface area (Å²) in [6, 6.07) is 6.75. The van der Waals surface area contributed by atoms with E-state index in [1.807, 2.05) is 0 Å². The van der Waals surface area contributed by atoms with Crippen LogP contribution in [0.25, 0.3) is 11.1 Å². The molecule has 3 amide bonds. The summed E-state index contributed by atoms with van der Waals surface area (Å²) in [5.41, 5.74) is 13.4.